The minimum absolute atomic E-state index is 0.219. The first kappa shape index (κ1) is 24.8. The fourth-order valence-corrected chi connectivity index (χ4v) is 5.11. The van der Waals surface area contributed by atoms with Crippen molar-refractivity contribution in [1.82, 2.24) is 15.1 Å². The molecule has 1 atom stereocenters. The van der Waals surface area contributed by atoms with Gasteiger partial charge in [-0.15, -0.1) is 0 Å². The molecular formula is C28H26IN5O3. The van der Waals surface area contributed by atoms with Crippen LogP contribution in [0.1, 0.15) is 44.8 Å². The van der Waals surface area contributed by atoms with Gasteiger partial charge in [-0.25, -0.2) is 4.68 Å². The number of anilines is 2. The van der Waals surface area contributed by atoms with Gasteiger partial charge in [-0.2, -0.15) is 5.10 Å². The molecule has 0 saturated carbocycles. The average Bonchev–Trinajstić information content (AvgIpc) is 3.17. The molecular weight excluding hydrogens is 581 g/mol. The number of nitrogens with zero attached hydrogens (tertiary/aromatic N) is 2. The van der Waals surface area contributed by atoms with Crippen LogP contribution >= 0.6 is 22.6 Å². The summed E-state index contributed by atoms with van der Waals surface area (Å²) < 4.78 is 8.27. The number of methoxy groups -OCH3 is 1. The molecule has 1 aromatic heterocycles. The Morgan fingerprint density at radius 1 is 1.14 bits per heavy atom. The van der Waals surface area contributed by atoms with E-state index in [0.29, 0.717) is 34.9 Å². The molecule has 0 saturated heterocycles. The van der Waals surface area contributed by atoms with E-state index in [1.54, 1.807) is 25.3 Å². The van der Waals surface area contributed by atoms with Crippen LogP contribution in [0.15, 0.2) is 66.7 Å². The van der Waals surface area contributed by atoms with Crippen molar-refractivity contribution in [2.24, 2.45) is 5.73 Å². The van der Waals surface area contributed by atoms with Crippen molar-refractivity contribution in [3.8, 4) is 17.0 Å². The molecule has 1 aliphatic rings. The molecule has 37 heavy (non-hydrogen) atoms. The smallest absolute Gasteiger partial charge is 0.255 e. The predicted octanol–water partition coefficient (Wildman–Crippen LogP) is 5.05. The van der Waals surface area contributed by atoms with Crippen LogP contribution in [0.5, 0.6) is 5.75 Å². The molecule has 9 heteroatoms. The fraction of sp³-hybridized carbons (Fsp3) is 0.179. The molecule has 0 unspecified atom stereocenters. The van der Waals surface area contributed by atoms with E-state index in [1.807, 2.05) is 54.1 Å². The maximum Gasteiger partial charge on any atom is 0.255 e. The SMILES string of the molecule is COc1ccccc1C(=O)N[C@H](C)c1ccc(-c2nn3c(c2C(N)=O)Nc2ccc(I)cc2CC3)cc1. The first-order valence-electron chi connectivity index (χ1n) is 11.9. The van der Waals surface area contributed by atoms with Crippen LogP contribution in [-0.4, -0.2) is 28.7 Å². The number of amides is 2. The molecule has 1 aliphatic heterocycles. The van der Waals surface area contributed by atoms with E-state index in [0.717, 1.165) is 26.8 Å². The molecule has 4 N–H and O–H groups in total. The van der Waals surface area contributed by atoms with Gasteiger partial charge in [-0.3, -0.25) is 9.59 Å². The minimum Gasteiger partial charge on any atom is -0.496 e. The van der Waals surface area contributed by atoms with Gasteiger partial charge in [0.15, 0.2) is 0 Å². The van der Waals surface area contributed by atoms with E-state index < -0.39 is 5.91 Å². The van der Waals surface area contributed by atoms with Gasteiger partial charge in [0.25, 0.3) is 11.8 Å². The second-order valence-corrected chi connectivity index (χ2v) is 10.1. The molecule has 8 nitrogen and oxygen atoms in total. The zero-order chi connectivity index (χ0) is 26.1. The van der Waals surface area contributed by atoms with E-state index in [1.165, 1.54) is 5.56 Å². The van der Waals surface area contributed by atoms with E-state index in [4.69, 9.17) is 15.6 Å². The van der Waals surface area contributed by atoms with Crippen LogP contribution in [0, 0.1) is 3.57 Å². The molecule has 4 aromatic rings. The van der Waals surface area contributed by atoms with Gasteiger partial charge in [0.05, 0.1) is 18.7 Å². The van der Waals surface area contributed by atoms with Gasteiger partial charge < -0.3 is 21.1 Å². The number of hydrogen-bond donors (Lipinski definition) is 3. The van der Waals surface area contributed by atoms with Crippen LogP contribution in [-0.2, 0) is 13.0 Å². The number of nitrogens with two attached hydrogens (primary N) is 1. The lowest BCUT2D eigenvalue weighted by molar-refractivity contribution is 0.0935. The Labute approximate surface area is 228 Å². The van der Waals surface area contributed by atoms with Crippen LogP contribution in [0.2, 0.25) is 0 Å². The van der Waals surface area contributed by atoms with Crippen molar-refractivity contribution in [2.45, 2.75) is 25.9 Å². The summed E-state index contributed by atoms with van der Waals surface area (Å²) in [6.45, 7) is 2.54. The zero-order valence-electron chi connectivity index (χ0n) is 20.4. The number of benzene rings is 3. The number of carbonyl (C=O) groups is 2. The molecule has 0 bridgehead atoms. The maximum atomic E-state index is 12.8. The Morgan fingerprint density at radius 2 is 1.89 bits per heavy atom. The van der Waals surface area contributed by atoms with Crippen molar-refractivity contribution < 1.29 is 14.3 Å². The normalized spacial score (nSPS) is 12.9. The molecule has 5 rings (SSSR count). The number of nitrogens with one attached hydrogen (secondary N) is 2. The third-order valence-electron chi connectivity index (χ3n) is 6.50. The molecule has 3 aromatic carbocycles. The summed E-state index contributed by atoms with van der Waals surface area (Å²) in [5.74, 6) is 0.360. The van der Waals surface area contributed by atoms with Crippen molar-refractivity contribution in [2.75, 3.05) is 12.4 Å². The second kappa shape index (κ2) is 10.3. The summed E-state index contributed by atoms with van der Waals surface area (Å²) in [6, 6.07) is 20.7. The number of fused-ring (bicyclic) bond motifs is 2. The largest absolute Gasteiger partial charge is 0.496 e. The lowest BCUT2D eigenvalue weighted by atomic mass is 10.0. The average molecular weight is 607 g/mol. The lowest BCUT2D eigenvalue weighted by Crippen LogP contribution is -2.27. The number of rotatable bonds is 6. The summed E-state index contributed by atoms with van der Waals surface area (Å²) in [5.41, 5.74) is 11.0. The van der Waals surface area contributed by atoms with Gasteiger partial charge in [0.2, 0.25) is 0 Å². The Hall–Kier alpha value is -3.86. The predicted molar refractivity (Wildman–Crippen MR) is 151 cm³/mol. The topological polar surface area (TPSA) is 111 Å². The summed E-state index contributed by atoms with van der Waals surface area (Å²) >= 11 is 2.29. The number of ether oxygens (including phenoxy) is 1. The summed E-state index contributed by atoms with van der Waals surface area (Å²) in [6.07, 6.45) is 0.786. The third kappa shape index (κ3) is 4.91. The first-order valence-corrected chi connectivity index (χ1v) is 12.9. The van der Waals surface area contributed by atoms with E-state index >= 15 is 0 Å². The molecule has 0 spiro atoms. The second-order valence-electron chi connectivity index (χ2n) is 8.85. The molecule has 188 valence electrons. The van der Waals surface area contributed by atoms with Crippen molar-refractivity contribution >= 4 is 45.9 Å². The lowest BCUT2D eigenvalue weighted by Gasteiger charge is -2.16. The number of halogens is 1. The van der Waals surface area contributed by atoms with Crippen LogP contribution < -0.4 is 21.1 Å². The van der Waals surface area contributed by atoms with Crippen molar-refractivity contribution in [3.63, 3.8) is 0 Å². The molecule has 0 aliphatic carbocycles. The number of primary amides is 1. The van der Waals surface area contributed by atoms with Gasteiger partial charge in [-0.05, 0) is 77.4 Å². The Kier molecular flexibility index (Phi) is 6.88. The highest BCUT2D eigenvalue weighted by atomic mass is 127. The van der Waals surface area contributed by atoms with Crippen LogP contribution in [0.4, 0.5) is 11.5 Å². The Balaban J connectivity index is 1.40. The van der Waals surface area contributed by atoms with Crippen molar-refractivity contribution in [1.29, 1.82) is 0 Å². The molecule has 2 amide bonds. The van der Waals surface area contributed by atoms with Crippen molar-refractivity contribution in [3.05, 3.63) is 92.6 Å². The minimum atomic E-state index is -0.542. The monoisotopic (exact) mass is 607 g/mol. The molecule has 0 radical (unpaired) electrons. The number of para-hydroxylation sites is 1. The quantitative estimate of drug-likeness (QED) is 0.266. The number of carbonyl (C=O) groups excluding carboxylic acids is 2. The zero-order valence-corrected chi connectivity index (χ0v) is 22.6. The Morgan fingerprint density at radius 3 is 2.62 bits per heavy atom. The fourth-order valence-electron chi connectivity index (χ4n) is 4.55. The van der Waals surface area contributed by atoms with Crippen LogP contribution in [0.25, 0.3) is 11.3 Å². The van der Waals surface area contributed by atoms with Gasteiger partial charge in [0, 0.05) is 21.4 Å². The van der Waals surface area contributed by atoms with Gasteiger partial charge in [0.1, 0.15) is 22.8 Å². The highest BCUT2D eigenvalue weighted by Crippen LogP contribution is 2.35. The maximum absolute atomic E-state index is 12.8. The summed E-state index contributed by atoms with van der Waals surface area (Å²) in [7, 11) is 1.54. The summed E-state index contributed by atoms with van der Waals surface area (Å²) in [4.78, 5) is 25.4. The molecule has 2 heterocycles. The number of aromatic nitrogens is 2. The van der Waals surface area contributed by atoms with Gasteiger partial charge >= 0.3 is 0 Å². The number of hydrogen-bond acceptors (Lipinski definition) is 5. The van der Waals surface area contributed by atoms with E-state index in [-0.39, 0.29) is 11.9 Å². The third-order valence-corrected chi connectivity index (χ3v) is 7.17. The number of aryl methyl sites for hydroxylation is 2. The summed E-state index contributed by atoms with van der Waals surface area (Å²) in [5, 5.41) is 11.2. The van der Waals surface area contributed by atoms with E-state index in [2.05, 4.69) is 39.3 Å². The van der Waals surface area contributed by atoms with Gasteiger partial charge in [-0.1, -0.05) is 36.4 Å². The standard InChI is InChI=1S/C28H26IN5O3/c1-16(31-28(36)21-5-3-4-6-23(21)37-2)17-7-9-18(10-8-17)25-24(26(30)35)27-32-22-12-11-20(29)15-19(22)13-14-34(27)33-25/h3-12,15-16,32H,13-14H2,1-2H3,(H2,30,35)(H,31,36)/t16-/m1/s1. The highest BCUT2D eigenvalue weighted by molar-refractivity contribution is 14.1. The van der Waals surface area contributed by atoms with Crippen LogP contribution in [0.3, 0.4) is 0 Å². The molecule has 0 fully saturated rings. The van der Waals surface area contributed by atoms with E-state index in [9.17, 15) is 9.59 Å². The highest BCUT2D eigenvalue weighted by Gasteiger charge is 2.26. The first-order chi connectivity index (χ1) is 17.9. The Bertz CT molecular complexity index is 1500.